The minimum Gasteiger partial charge on any atom is -0.508 e. The average Bonchev–Trinajstić information content (AvgIpc) is 3.22. The Kier molecular flexibility index (Phi) is 6.68. The van der Waals surface area contributed by atoms with E-state index in [0.717, 1.165) is 16.5 Å². The lowest BCUT2D eigenvalue weighted by atomic mass is 9.91. The SMILES string of the molecule is COc1cc(C(CC(=O)NCCc2c[nH]c3ccc(O)cc23)c2oc(C)cc(=O)c2O)ccc1O. The first-order valence-corrected chi connectivity index (χ1v) is 11.0. The Labute approximate surface area is 200 Å². The number of hydrogen-bond acceptors (Lipinski definition) is 7. The fourth-order valence-corrected chi connectivity index (χ4v) is 4.10. The monoisotopic (exact) mass is 478 g/mol. The molecule has 0 aliphatic heterocycles. The van der Waals surface area contributed by atoms with Crippen LogP contribution in [-0.2, 0) is 11.2 Å². The predicted molar refractivity (Wildman–Crippen MR) is 129 cm³/mol. The Bertz CT molecular complexity index is 1440. The molecule has 1 amide bonds. The van der Waals surface area contributed by atoms with Crippen molar-refractivity contribution in [1.29, 1.82) is 0 Å². The number of hydrogen-bond donors (Lipinski definition) is 5. The predicted octanol–water partition coefficient (Wildman–Crippen LogP) is 3.44. The molecule has 5 N–H and O–H groups in total. The summed E-state index contributed by atoms with van der Waals surface area (Å²) >= 11 is 0. The van der Waals surface area contributed by atoms with E-state index in [-0.39, 0.29) is 35.3 Å². The molecule has 0 fully saturated rings. The second kappa shape index (κ2) is 9.84. The molecule has 1 atom stereocenters. The number of ether oxygens (including phenoxy) is 1. The first-order chi connectivity index (χ1) is 16.8. The number of methoxy groups -OCH3 is 1. The number of aromatic nitrogens is 1. The van der Waals surface area contributed by atoms with Gasteiger partial charge in [-0.1, -0.05) is 6.07 Å². The first kappa shape index (κ1) is 23.7. The van der Waals surface area contributed by atoms with Crippen molar-refractivity contribution in [3.05, 3.63) is 81.5 Å². The van der Waals surface area contributed by atoms with Crippen LogP contribution in [0.1, 0.15) is 35.0 Å². The summed E-state index contributed by atoms with van der Waals surface area (Å²) in [6.45, 7) is 1.91. The molecule has 0 radical (unpaired) electrons. The highest BCUT2D eigenvalue weighted by Gasteiger charge is 2.26. The van der Waals surface area contributed by atoms with Crippen LogP contribution in [0.3, 0.4) is 0 Å². The smallest absolute Gasteiger partial charge is 0.227 e. The van der Waals surface area contributed by atoms with Crippen molar-refractivity contribution < 1.29 is 29.3 Å². The van der Waals surface area contributed by atoms with Crippen molar-refractivity contribution >= 4 is 16.8 Å². The molecule has 1 unspecified atom stereocenters. The molecule has 0 saturated heterocycles. The molecule has 4 aromatic rings. The van der Waals surface area contributed by atoms with Crippen LogP contribution in [0, 0.1) is 6.92 Å². The van der Waals surface area contributed by atoms with Crippen molar-refractivity contribution in [1.82, 2.24) is 10.3 Å². The third-order valence-corrected chi connectivity index (χ3v) is 5.85. The van der Waals surface area contributed by atoms with Crippen LogP contribution in [-0.4, -0.2) is 39.9 Å². The summed E-state index contributed by atoms with van der Waals surface area (Å²) in [5.74, 6) is -1.18. The van der Waals surface area contributed by atoms with Gasteiger partial charge in [0.2, 0.25) is 17.1 Å². The van der Waals surface area contributed by atoms with Crippen molar-refractivity contribution in [2.75, 3.05) is 13.7 Å². The zero-order valence-electron chi connectivity index (χ0n) is 19.3. The van der Waals surface area contributed by atoms with Gasteiger partial charge in [0.15, 0.2) is 17.3 Å². The standard InChI is InChI=1S/C26H26N2O7/c1-14-9-22(31)25(33)26(35-14)19(15-3-6-21(30)23(10-15)34-2)12-24(32)27-8-7-16-13-28-20-5-4-17(29)11-18(16)20/h3-6,9-11,13,19,28-30,33H,7-8,12H2,1-2H3,(H,27,32). The number of phenols is 2. The van der Waals surface area contributed by atoms with Crippen molar-refractivity contribution in [2.45, 2.75) is 25.7 Å². The lowest BCUT2D eigenvalue weighted by Gasteiger charge is -2.19. The number of carbonyl (C=O) groups excluding carboxylic acids is 1. The van der Waals surface area contributed by atoms with Gasteiger partial charge in [0.05, 0.1) is 13.0 Å². The summed E-state index contributed by atoms with van der Waals surface area (Å²) in [7, 11) is 1.40. The Morgan fingerprint density at radius 2 is 1.94 bits per heavy atom. The zero-order valence-corrected chi connectivity index (χ0v) is 19.3. The van der Waals surface area contributed by atoms with E-state index >= 15 is 0 Å². The van der Waals surface area contributed by atoms with E-state index in [4.69, 9.17) is 9.15 Å². The van der Waals surface area contributed by atoms with Gasteiger partial charge in [-0.15, -0.1) is 0 Å². The van der Waals surface area contributed by atoms with Gasteiger partial charge < -0.3 is 34.8 Å². The van der Waals surface area contributed by atoms with E-state index in [2.05, 4.69) is 10.3 Å². The van der Waals surface area contributed by atoms with Crippen molar-refractivity contribution in [2.24, 2.45) is 0 Å². The maximum Gasteiger partial charge on any atom is 0.227 e. The summed E-state index contributed by atoms with van der Waals surface area (Å²) in [5.41, 5.74) is 1.74. The minimum absolute atomic E-state index is 0.0370. The second-order valence-electron chi connectivity index (χ2n) is 8.27. The topological polar surface area (TPSA) is 145 Å². The number of benzene rings is 2. The van der Waals surface area contributed by atoms with Gasteiger partial charge in [-0.05, 0) is 54.8 Å². The minimum atomic E-state index is -0.804. The Hall–Kier alpha value is -4.40. The van der Waals surface area contributed by atoms with Crippen LogP contribution in [0.2, 0.25) is 0 Å². The van der Waals surface area contributed by atoms with Gasteiger partial charge in [-0.2, -0.15) is 0 Å². The van der Waals surface area contributed by atoms with Crippen LogP contribution in [0.15, 0.2) is 57.9 Å². The number of carbonyl (C=O) groups is 1. The van der Waals surface area contributed by atoms with Gasteiger partial charge in [-0.3, -0.25) is 9.59 Å². The number of aryl methyl sites for hydroxylation is 1. The zero-order chi connectivity index (χ0) is 25.1. The molecule has 2 aromatic heterocycles. The highest BCUT2D eigenvalue weighted by atomic mass is 16.5. The van der Waals surface area contributed by atoms with E-state index in [0.29, 0.717) is 24.3 Å². The lowest BCUT2D eigenvalue weighted by Crippen LogP contribution is -2.27. The van der Waals surface area contributed by atoms with Crippen LogP contribution >= 0.6 is 0 Å². The summed E-state index contributed by atoms with van der Waals surface area (Å²) < 4.78 is 10.8. The molecule has 4 rings (SSSR count). The molecule has 9 heteroatoms. The molecule has 9 nitrogen and oxygen atoms in total. The number of rotatable bonds is 8. The normalized spacial score (nSPS) is 11.9. The molecule has 35 heavy (non-hydrogen) atoms. The number of phenolic OH excluding ortho intramolecular Hbond substituents is 2. The quantitative estimate of drug-likeness (QED) is 0.261. The molecule has 0 aliphatic rings. The number of nitrogens with one attached hydrogen (secondary N) is 2. The highest BCUT2D eigenvalue weighted by molar-refractivity contribution is 5.84. The summed E-state index contributed by atoms with van der Waals surface area (Å²) in [6.07, 6.45) is 2.24. The summed E-state index contributed by atoms with van der Waals surface area (Å²) in [5, 5.41) is 33.9. The Morgan fingerprint density at radius 1 is 1.14 bits per heavy atom. The number of aromatic amines is 1. The second-order valence-corrected chi connectivity index (χ2v) is 8.27. The number of amides is 1. The number of aromatic hydroxyl groups is 3. The average molecular weight is 479 g/mol. The van der Waals surface area contributed by atoms with Gasteiger partial charge in [-0.25, -0.2) is 0 Å². The Morgan fingerprint density at radius 3 is 2.71 bits per heavy atom. The lowest BCUT2D eigenvalue weighted by molar-refractivity contribution is -0.121. The third-order valence-electron chi connectivity index (χ3n) is 5.85. The van der Waals surface area contributed by atoms with E-state index in [1.54, 1.807) is 31.2 Å². The molecule has 0 bridgehead atoms. The fourth-order valence-electron chi connectivity index (χ4n) is 4.10. The molecular weight excluding hydrogens is 452 g/mol. The van der Waals surface area contributed by atoms with Crippen LogP contribution in [0.5, 0.6) is 23.0 Å². The molecule has 2 heterocycles. The van der Waals surface area contributed by atoms with Crippen LogP contribution in [0.4, 0.5) is 0 Å². The van der Waals surface area contributed by atoms with E-state index in [1.807, 2.05) is 6.20 Å². The highest BCUT2D eigenvalue weighted by Crippen LogP contribution is 2.37. The molecular formula is C26H26N2O7. The number of fused-ring (bicyclic) bond motifs is 1. The molecule has 0 saturated carbocycles. The maximum atomic E-state index is 12.9. The molecule has 182 valence electrons. The number of H-pyrrole nitrogens is 1. The Balaban J connectivity index is 1.55. The van der Waals surface area contributed by atoms with Crippen LogP contribution in [0.25, 0.3) is 10.9 Å². The molecule has 0 spiro atoms. The van der Waals surface area contributed by atoms with Gasteiger partial charge in [0.25, 0.3) is 0 Å². The van der Waals surface area contributed by atoms with E-state index < -0.39 is 17.1 Å². The van der Waals surface area contributed by atoms with Gasteiger partial charge in [0, 0.05) is 36.1 Å². The summed E-state index contributed by atoms with van der Waals surface area (Å²) in [6, 6.07) is 10.7. The summed E-state index contributed by atoms with van der Waals surface area (Å²) in [4.78, 5) is 28.2. The molecule has 0 aliphatic carbocycles. The molecule has 2 aromatic carbocycles. The van der Waals surface area contributed by atoms with Crippen molar-refractivity contribution in [3.63, 3.8) is 0 Å². The van der Waals surface area contributed by atoms with Gasteiger partial charge >= 0.3 is 0 Å². The van der Waals surface area contributed by atoms with Crippen molar-refractivity contribution in [3.8, 4) is 23.0 Å². The third kappa shape index (κ3) is 5.08. The van der Waals surface area contributed by atoms with E-state index in [1.165, 1.54) is 25.3 Å². The fraction of sp³-hybridized carbons (Fsp3) is 0.231. The van der Waals surface area contributed by atoms with Crippen LogP contribution < -0.4 is 15.5 Å². The first-order valence-electron chi connectivity index (χ1n) is 11.0. The largest absolute Gasteiger partial charge is 0.508 e. The maximum absolute atomic E-state index is 12.9. The van der Waals surface area contributed by atoms with Gasteiger partial charge in [0.1, 0.15) is 11.5 Å². The van der Waals surface area contributed by atoms with E-state index in [9.17, 15) is 24.9 Å².